The first-order valence-corrected chi connectivity index (χ1v) is 6.88. The number of hydrogen-bond donors (Lipinski definition) is 1. The third kappa shape index (κ3) is 4.04. The summed E-state index contributed by atoms with van der Waals surface area (Å²) in [5.41, 5.74) is 0. The Kier molecular flexibility index (Phi) is 5.48. The zero-order valence-electron chi connectivity index (χ0n) is 10.7. The summed E-state index contributed by atoms with van der Waals surface area (Å²) in [5, 5.41) is 9.07. The molecule has 1 rings (SSSR count). The predicted octanol–water partition coefficient (Wildman–Crippen LogP) is 3.82. The predicted molar refractivity (Wildman–Crippen MR) is 70.2 cm³/mol. The molecule has 3 nitrogen and oxygen atoms in total. The molecule has 0 fully saturated rings. The Hall–Kier alpha value is -1.03. The van der Waals surface area contributed by atoms with Gasteiger partial charge < -0.3 is 9.84 Å². The largest absolute Gasteiger partial charge is 0.492 e. The number of hydrogen-bond acceptors (Lipinski definition) is 3. The maximum Gasteiger partial charge on any atom is 0.349 e. The lowest BCUT2D eigenvalue weighted by Gasteiger charge is -2.11. The van der Waals surface area contributed by atoms with Crippen LogP contribution in [-0.2, 0) is 6.42 Å². The molecular formula is C13H20O3S. The van der Waals surface area contributed by atoms with Crippen molar-refractivity contribution in [2.75, 3.05) is 6.61 Å². The van der Waals surface area contributed by atoms with Gasteiger partial charge in [0.25, 0.3) is 0 Å². The molecule has 0 aliphatic heterocycles. The summed E-state index contributed by atoms with van der Waals surface area (Å²) in [6, 6.07) is 1.85. The summed E-state index contributed by atoms with van der Waals surface area (Å²) in [6.07, 6.45) is 3.08. The van der Waals surface area contributed by atoms with Crippen LogP contribution in [0.3, 0.4) is 0 Å². The van der Waals surface area contributed by atoms with E-state index in [0.717, 1.165) is 24.1 Å². The smallest absolute Gasteiger partial charge is 0.349 e. The Morgan fingerprint density at radius 3 is 2.76 bits per heavy atom. The summed E-state index contributed by atoms with van der Waals surface area (Å²) in [7, 11) is 0. The molecule has 0 spiro atoms. The number of aryl methyl sites for hydroxylation is 1. The average Bonchev–Trinajstić information content (AvgIpc) is 2.70. The zero-order chi connectivity index (χ0) is 12.8. The molecule has 0 aromatic carbocycles. The highest BCUT2D eigenvalue weighted by molar-refractivity contribution is 7.14. The zero-order valence-corrected chi connectivity index (χ0v) is 11.5. The maximum absolute atomic E-state index is 11.1. The molecule has 1 aromatic heterocycles. The van der Waals surface area contributed by atoms with E-state index in [-0.39, 0.29) is 0 Å². The van der Waals surface area contributed by atoms with Gasteiger partial charge in [-0.1, -0.05) is 27.2 Å². The lowest BCUT2D eigenvalue weighted by atomic mass is 10.1. The molecular weight excluding hydrogens is 236 g/mol. The molecule has 0 aliphatic rings. The minimum absolute atomic E-state index is 0.325. The molecule has 0 radical (unpaired) electrons. The number of carbonyl (C=O) groups is 1. The fourth-order valence-electron chi connectivity index (χ4n) is 1.66. The maximum atomic E-state index is 11.1. The summed E-state index contributed by atoms with van der Waals surface area (Å²) in [5.74, 6) is 0.0989. The molecule has 96 valence electrons. The van der Waals surface area contributed by atoms with Crippen LogP contribution < -0.4 is 4.74 Å². The number of carboxylic acid groups (broad SMARTS) is 1. The molecule has 0 saturated heterocycles. The average molecular weight is 256 g/mol. The second-order valence-electron chi connectivity index (χ2n) is 4.27. The Morgan fingerprint density at radius 2 is 2.24 bits per heavy atom. The molecule has 0 aliphatic carbocycles. The number of ether oxygens (including phenoxy) is 1. The van der Waals surface area contributed by atoms with E-state index in [9.17, 15) is 4.79 Å². The molecule has 4 heteroatoms. The van der Waals surface area contributed by atoms with E-state index in [2.05, 4.69) is 13.8 Å². The van der Waals surface area contributed by atoms with Crippen LogP contribution in [0.1, 0.15) is 48.2 Å². The SMILES string of the molecule is CCCC(C)COc1cc(CC)sc1C(=O)O. The molecule has 1 N–H and O–H groups in total. The van der Waals surface area contributed by atoms with Crippen LogP contribution in [0.4, 0.5) is 0 Å². The highest BCUT2D eigenvalue weighted by Gasteiger charge is 2.16. The van der Waals surface area contributed by atoms with Gasteiger partial charge in [0, 0.05) is 4.88 Å². The molecule has 1 aromatic rings. The number of carboxylic acids is 1. The van der Waals surface area contributed by atoms with Crippen molar-refractivity contribution in [3.8, 4) is 5.75 Å². The highest BCUT2D eigenvalue weighted by atomic mass is 32.1. The van der Waals surface area contributed by atoms with Gasteiger partial charge in [0.2, 0.25) is 0 Å². The van der Waals surface area contributed by atoms with Crippen LogP contribution in [0.2, 0.25) is 0 Å². The normalized spacial score (nSPS) is 12.4. The van der Waals surface area contributed by atoms with Crippen molar-refractivity contribution >= 4 is 17.3 Å². The van der Waals surface area contributed by atoms with E-state index in [0.29, 0.717) is 23.2 Å². The standard InChI is InChI=1S/C13H20O3S/c1-4-6-9(3)8-16-11-7-10(5-2)17-12(11)13(14)15/h7,9H,4-6,8H2,1-3H3,(H,14,15). The number of aromatic carboxylic acids is 1. The topological polar surface area (TPSA) is 46.5 Å². The van der Waals surface area contributed by atoms with E-state index >= 15 is 0 Å². The summed E-state index contributed by atoms with van der Waals surface area (Å²) in [4.78, 5) is 12.4. The van der Waals surface area contributed by atoms with Gasteiger partial charge in [0.1, 0.15) is 5.75 Å². The van der Waals surface area contributed by atoms with E-state index < -0.39 is 5.97 Å². The Bertz CT molecular complexity index is 371. The van der Waals surface area contributed by atoms with Crippen molar-refractivity contribution < 1.29 is 14.6 Å². The van der Waals surface area contributed by atoms with Gasteiger partial charge >= 0.3 is 5.97 Å². The lowest BCUT2D eigenvalue weighted by molar-refractivity contribution is 0.0697. The van der Waals surface area contributed by atoms with E-state index in [1.807, 2.05) is 13.0 Å². The fourth-order valence-corrected chi connectivity index (χ4v) is 2.54. The van der Waals surface area contributed by atoms with Crippen LogP contribution in [0.5, 0.6) is 5.75 Å². The van der Waals surface area contributed by atoms with Gasteiger partial charge in [0.15, 0.2) is 4.88 Å². The van der Waals surface area contributed by atoms with Gasteiger partial charge in [-0.3, -0.25) is 0 Å². The van der Waals surface area contributed by atoms with Gasteiger partial charge in [-0.05, 0) is 24.8 Å². The van der Waals surface area contributed by atoms with Gasteiger partial charge in [-0.25, -0.2) is 4.79 Å². The minimum Gasteiger partial charge on any atom is -0.492 e. The molecule has 0 amide bonds. The third-order valence-electron chi connectivity index (χ3n) is 2.60. The summed E-state index contributed by atoms with van der Waals surface area (Å²) < 4.78 is 5.62. The van der Waals surface area contributed by atoms with Crippen LogP contribution in [0, 0.1) is 5.92 Å². The quantitative estimate of drug-likeness (QED) is 0.806. The van der Waals surface area contributed by atoms with Crippen molar-refractivity contribution in [1.82, 2.24) is 0 Å². The molecule has 17 heavy (non-hydrogen) atoms. The highest BCUT2D eigenvalue weighted by Crippen LogP contribution is 2.30. The van der Waals surface area contributed by atoms with Crippen molar-refractivity contribution in [2.45, 2.75) is 40.0 Å². The summed E-state index contributed by atoms with van der Waals surface area (Å²) in [6.45, 7) is 6.87. The summed E-state index contributed by atoms with van der Waals surface area (Å²) >= 11 is 1.31. The van der Waals surface area contributed by atoms with Crippen molar-refractivity contribution in [2.24, 2.45) is 5.92 Å². The number of rotatable bonds is 7. The minimum atomic E-state index is -0.896. The fraction of sp³-hybridized carbons (Fsp3) is 0.615. The number of thiophene rings is 1. The molecule has 1 unspecified atom stereocenters. The third-order valence-corrected chi connectivity index (χ3v) is 3.85. The van der Waals surface area contributed by atoms with Crippen molar-refractivity contribution in [1.29, 1.82) is 0 Å². The first kappa shape index (κ1) is 14.0. The Labute approximate surface area is 106 Å². The Morgan fingerprint density at radius 1 is 1.53 bits per heavy atom. The van der Waals surface area contributed by atoms with Crippen molar-refractivity contribution in [3.63, 3.8) is 0 Å². The monoisotopic (exact) mass is 256 g/mol. The second kappa shape index (κ2) is 6.64. The van der Waals surface area contributed by atoms with Crippen LogP contribution in [-0.4, -0.2) is 17.7 Å². The molecule has 1 atom stereocenters. The van der Waals surface area contributed by atoms with Crippen LogP contribution >= 0.6 is 11.3 Å². The molecule has 0 bridgehead atoms. The first-order chi connectivity index (χ1) is 8.08. The second-order valence-corrected chi connectivity index (χ2v) is 5.41. The molecule has 1 heterocycles. The van der Waals surface area contributed by atoms with E-state index in [1.54, 1.807) is 0 Å². The lowest BCUT2D eigenvalue weighted by Crippen LogP contribution is -2.09. The van der Waals surface area contributed by atoms with E-state index in [1.165, 1.54) is 11.3 Å². The van der Waals surface area contributed by atoms with Gasteiger partial charge in [0.05, 0.1) is 6.61 Å². The van der Waals surface area contributed by atoms with E-state index in [4.69, 9.17) is 9.84 Å². The van der Waals surface area contributed by atoms with Crippen LogP contribution in [0.15, 0.2) is 6.07 Å². The van der Waals surface area contributed by atoms with Gasteiger partial charge in [-0.2, -0.15) is 0 Å². The molecule has 0 saturated carbocycles. The first-order valence-electron chi connectivity index (χ1n) is 6.07. The van der Waals surface area contributed by atoms with Gasteiger partial charge in [-0.15, -0.1) is 11.3 Å². The van der Waals surface area contributed by atoms with Crippen molar-refractivity contribution in [3.05, 3.63) is 15.8 Å². The Balaban J connectivity index is 2.68. The van der Waals surface area contributed by atoms with Crippen LogP contribution in [0.25, 0.3) is 0 Å².